The number of aromatic nitrogens is 2. The van der Waals surface area contributed by atoms with E-state index >= 15 is 0 Å². The van der Waals surface area contributed by atoms with Crippen molar-refractivity contribution < 1.29 is 4.79 Å². The van der Waals surface area contributed by atoms with Crippen LogP contribution in [0.1, 0.15) is 37.4 Å². The standard InChI is InChI=1S/C16H21N3OS/c20-16(17-9-10-21)12-6-2-1-5-11(12)15-18-13-7-3-4-8-14(13)19-15/h3-4,7-8,11-12,21H,1-2,5-6,9-10H2,(H,17,20)(H,18,19). The predicted octanol–water partition coefficient (Wildman–Crippen LogP) is 2.88. The van der Waals surface area contributed by atoms with Gasteiger partial charge in [0.15, 0.2) is 0 Å². The lowest BCUT2D eigenvalue weighted by Crippen LogP contribution is -2.37. The molecule has 1 aromatic carbocycles. The highest BCUT2D eigenvalue weighted by Crippen LogP contribution is 2.37. The maximum absolute atomic E-state index is 12.4. The number of hydrogen-bond donors (Lipinski definition) is 3. The van der Waals surface area contributed by atoms with E-state index in [4.69, 9.17) is 4.98 Å². The largest absolute Gasteiger partial charge is 0.355 e. The molecule has 3 rings (SSSR count). The van der Waals surface area contributed by atoms with Crippen LogP contribution in [0.15, 0.2) is 24.3 Å². The maximum Gasteiger partial charge on any atom is 0.223 e. The smallest absolute Gasteiger partial charge is 0.223 e. The third-order valence-corrected chi connectivity index (χ3v) is 4.50. The highest BCUT2D eigenvalue weighted by Gasteiger charge is 2.33. The van der Waals surface area contributed by atoms with Crippen molar-refractivity contribution >= 4 is 29.6 Å². The van der Waals surface area contributed by atoms with Gasteiger partial charge in [-0.15, -0.1) is 0 Å². The fourth-order valence-corrected chi connectivity index (χ4v) is 3.34. The van der Waals surface area contributed by atoms with Crippen LogP contribution in [0.5, 0.6) is 0 Å². The van der Waals surface area contributed by atoms with Crippen LogP contribution in [0.4, 0.5) is 0 Å². The van der Waals surface area contributed by atoms with E-state index in [1.165, 1.54) is 0 Å². The molecule has 2 atom stereocenters. The molecule has 4 nitrogen and oxygen atoms in total. The molecule has 0 spiro atoms. The molecule has 1 aliphatic carbocycles. The highest BCUT2D eigenvalue weighted by atomic mass is 32.1. The summed E-state index contributed by atoms with van der Waals surface area (Å²) in [5.74, 6) is 2.01. The Morgan fingerprint density at radius 2 is 2.14 bits per heavy atom. The third kappa shape index (κ3) is 3.07. The third-order valence-electron chi connectivity index (χ3n) is 4.27. The van der Waals surface area contributed by atoms with Crippen molar-refractivity contribution in [1.82, 2.24) is 15.3 Å². The topological polar surface area (TPSA) is 57.8 Å². The van der Waals surface area contributed by atoms with Crippen molar-refractivity contribution in [2.24, 2.45) is 5.92 Å². The summed E-state index contributed by atoms with van der Waals surface area (Å²) >= 11 is 4.15. The number of amides is 1. The Kier molecular flexibility index (Phi) is 4.48. The molecule has 1 amide bonds. The minimum Gasteiger partial charge on any atom is -0.355 e. The lowest BCUT2D eigenvalue weighted by Gasteiger charge is -2.29. The first kappa shape index (κ1) is 14.4. The van der Waals surface area contributed by atoms with Crippen molar-refractivity contribution in [2.45, 2.75) is 31.6 Å². The first-order valence-electron chi connectivity index (χ1n) is 7.63. The fourth-order valence-electron chi connectivity index (χ4n) is 3.23. The van der Waals surface area contributed by atoms with Crippen LogP contribution in [-0.2, 0) is 4.79 Å². The van der Waals surface area contributed by atoms with Gasteiger partial charge in [-0.1, -0.05) is 25.0 Å². The number of benzene rings is 1. The summed E-state index contributed by atoms with van der Waals surface area (Å²) < 4.78 is 0. The monoisotopic (exact) mass is 303 g/mol. The van der Waals surface area contributed by atoms with Gasteiger partial charge in [0.1, 0.15) is 5.82 Å². The van der Waals surface area contributed by atoms with Crippen molar-refractivity contribution in [3.8, 4) is 0 Å². The number of carbonyl (C=O) groups is 1. The summed E-state index contributed by atoms with van der Waals surface area (Å²) in [6.45, 7) is 0.630. The van der Waals surface area contributed by atoms with Crippen molar-refractivity contribution in [3.63, 3.8) is 0 Å². The molecule has 21 heavy (non-hydrogen) atoms. The Hall–Kier alpha value is -1.49. The lowest BCUT2D eigenvalue weighted by molar-refractivity contribution is -0.126. The SMILES string of the molecule is O=C(NCCS)C1CCCCC1c1nc2ccccc2[nH]1. The summed E-state index contributed by atoms with van der Waals surface area (Å²) in [6.07, 6.45) is 4.26. The summed E-state index contributed by atoms with van der Waals surface area (Å²) in [6, 6.07) is 8.03. The number of thiol groups is 1. The fraction of sp³-hybridized carbons (Fsp3) is 0.500. The molecule has 0 radical (unpaired) electrons. The lowest BCUT2D eigenvalue weighted by atomic mass is 9.78. The second-order valence-electron chi connectivity index (χ2n) is 5.65. The van der Waals surface area contributed by atoms with Gasteiger partial charge in [0.05, 0.1) is 11.0 Å². The molecule has 1 saturated carbocycles. The Bertz CT molecular complexity index is 592. The molecule has 5 heteroatoms. The van der Waals surface area contributed by atoms with Gasteiger partial charge in [0.25, 0.3) is 0 Å². The van der Waals surface area contributed by atoms with Crippen molar-refractivity contribution in [1.29, 1.82) is 0 Å². The van der Waals surface area contributed by atoms with E-state index in [9.17, 15) is 4.79 Å². The van der Waals surface area contributed by atoms with Crippen LogP contribution in [0.3, 0.4) is 0 Å². The zero-order chi connectivity index (χ0) is 14.7. The van der Waals surface area contributed by atoms with E-state index < -0.39 is 0 Å². The quantitative estimate of drug-likeness (QED) is 0.761. The number of carbonyl (C=O) groups excluding carboxylic acids is 1. The summed E-state index contributed by atoms with van der Waals surface area (Å²) in [5, 5.41) is 2.98. The number of aromatic amines is 1. The molecule has 1 aromatic heterocycles. The molecule has 2 N–H and O–H groups in total. The van der Waals surface area contributed by atoms with E-state index in [0.29, 0.717) is 12.3 Å². The zero-order valence-electron chi connectivity index (χ0n) is 12.0. The van der Waals surface area contributed by atoms with Crippen LogP contribution < -0.4 is 5.32 Å². The molecule has 0 bridgehead atoms. The first-order valence-corrected chi connectivity index (χ1v) is 8.26. The number of rotatable bonds is 4. The molecule has 2 aromatic rings. The number of nitrogens with one attached hydrogen (secondary N) is 2. The molecule has 1 aliphatic rings. The van der Waals surface area contributed by atoms with Gasteiger partial charge in [-0.05, 0) is 25.0 Å². The Morgan fingerprint density at radius 3 is 2.95 bits per heavy atom. The van der Waals surface area contributed by atoms with E-state index in [1.54, 1.807) is 0 Å². The second-order valence-corrected chi connectivity index (χ2v) is 6.10. The molecule has 0 aliphatic heterocycles. The van der Waals surface area contributed by atoms with Gasteiger partial charge in [-0.25, -0.2) is 4.98 Å². The van der Waals surface area contributed by atoms with Gasteiger partial charge in [0.2, 0.25) is 5.91 Å². The van der Waals surface area contributed by atoms with Gasteiger partial charge in [-0.3, -0.25) is 4.79 Å². The van der Waals surface area contributed by atoms with Crippen molar-refractivity contribution in [2.75, 3.05) is 12.3 Å². The first-order chi connectivity index (χ1) is 10.3. The number of H-pyrrole nitrogens is 1. The van der Waals surface area contributed by atoms with Crippen LogP contribution >= 0.6 is 12.6 Å². The van der Waals surface area contributed by atoms with Crippen LogP contribution in [0.2, 0.25) is 0 Å². The number of para-hydroxylation sites is 2. The molecular formula is C16H21N3OS. The Balaban J connectivity index is 1.84. The van der Waals surface area contributed by atoms with Crippen LogP contribution in [0, 0.1) is 5.92 Å². The van der Waals surface area contributed by atoms with Gasteiger partial charge in [0, 0.05) is 24.1 Å². The van der Waals surface area contributed by atoms with Crippen LogP contribution in [0.25, 0.3) is 11.0 Å². The van der Waals surface area contributed by atoms with E-state index in [0.717, 1.165) is 42.5 Å². The average molecular weight is 303 g/mol. The Labute approximate surface area is 130 Å². The predicted molar refractivity (Wildman–Crippen MR) is 87.7 cm³/mol. The number of imidazole rings is 1. The summed E-state index contributed by atoms with van der Waals surface area (Å²) in [4.78, 5) is 20.5. The summed E-state index contributed by atoms with van der Waals surface area (Å²) in [7, 11) is 0. The average Bonchev–Trinajstić information content (AvgIpc) is 2.96. The molecule has 1 fully saturated rings. The number of hydrogen-bond acceptors (Lipinski definition) is 3. The minimum atomic E-state index is 0.0270. The van der Waals surface area contributed by atoms with Gasteiger partial charge >= 0.3 is 0 Å². The molecule has 1 heterocycles. The van der Waals surface area contributed by atoms with E-state index in [1.807, 2.05) is 24.3 Å². The zero-order valence-corrected chi connectivity index (χ0v) is 12.9. The Morgan fingerprint density at radius 1 is 1.33 bits per heavy atom. The van der Waals surface area contributed by atoms with E-state index in [2.05, 4.69) is 22.9 Å². The van der Waals surface area contributed by atoms with E-state index in [-0.39, 0.29) is 17.7 Å². The number of fused-ring (bicyclic) bond motifs is 1. The van der Waals surface area contributed by atoms with Crippen LogP contribution in [-0.4, -0.2) is 28.2 Å². The molecular weight excluding hydrogens is 282 g/mol. The summed E-state index contributed by atoms with van der Waals surface area (Å²) in [5.41, 5.74) is 2.03. The van der Waals surface area contributed by atoms with Gasteiger partial charge < -0.3 is 10.3 Å². The molecule has 112 valence electrons. The van der Waals surface area contributed by atoms with Crippen molar-refractivity contribution in [3.05, 3.63) is 30.1 Å². The second kappa shape index (κ2) is 6.52. The normalized spacial score (nSPS) is 22.3. The number of nitrogens with zero attached hydrogens (tertiary/aromatic N) is 1. The molecule has 0 saturated heterocycles. The van der Waals surface area contributed by atoms with Gasteiger partial charge in [-0.2, -0.15) is 12.6 Å². The molecule has 2 unspecified atom stereocenters. The minimum absolute atomic E-state index is 0.0270. The maximum atomic E-state index is 12.4. The highest BCUT2D eigenvalue weighted by molar-refractivity contribution is 7.80.